The summed E-state index contributed by atoms with van der Waals surface area (Å²) in [6.45, 7) is 0. The number of nitrogens with zero attached hydrogens (tertiary/aromatic N) is 4. The quantitative estimate of drug-likeness (QED) is 0.0769. The van der Waals surface area contributed by atoms with Crippen LogP contribution in [0, 0.1) is 35.4 Å². The van der Waals surface area contributed by atoms with Crippen molar-refractivity contribution in [2.24, 2.45) is 0 Å². The SMILES string of the molecule is CSc1ccccn1.Fc1c[c-]c(-c2ccccn2)c(F)c1.Fc1c[c-]c(-c2ccccn2)c(F)c1.[Pt+2].[Pt].[S-]c1ccccn1. The first-order chi connectivity index (χ1) is 20.9. The Morgan fingerprint density at radius 1 is 0.600 bits per heavy atom. The van der Waals surface area contributed by atoms with Crippen LogP contribution in [0.15, 0.2) is 132 Å². The predicted octanol–water partition coefficient (Wildman–Crippen LogP) is 8.44. The van der Waals surface area contributed by atoms with Crippen molar-refractivity contribution < 1.29 is 59.7 Å². The molecule has 0 bridgehead atoms. The molecule has 4 heterocycles. The van der Waals surface area contributed by atoms with Crippen molar-refractivity contribution in [3.63, 3.8) is 0 Å². The minimum Gasteiger partial charge on any atom is -0.760 e. The summed E-state index contributed by atoms with van der Waals surface area (Å²) in [6, 6.07) is 30.4. The van der Waals surface area contributed by atoms with Crippen molar-refractivity contribution in [3.05, 3.63) is 157 Å². The zero-order valence-electron chi connectivity index (χ0n) is 23.3. The van der Waals surface area contributed by atoms with Crippen molar-refractivity contribution in [1.29, 1.82) is 0 Å². The van der Waals surface area contributed by atoms with Crippen molar-refractivity contribution in [1.82, 2.24) is 19.9 Å². The van der Waals surface area contributed by atoms with Gasteiger partial charge >= 0.3 is 21.1 Å². The van der Waals surface area contributed by atoms with E-state index in [4.69, 9.17) is 12.6 Å². The van der Waals surface area contributed by atoms with Gasteiger partial charge in [-0.25, -0.2) is 4.98 Å². The maximum atomic E-state index is 13.2. The number of pyridine rings is 4. The topological polar surface area (TPSA) is 51.6 Å². The Balaban J connectivity index is 0.000000308. The molecule has 0 radical (unpaired) electrons. The Labute approximate surface area is 298 Å². The average molecular weight is 1010 g/mol. The predicted molar refractivity (Wildman–Crippen MR) is 163 cm³/mol. The molecule has 4 aromatic heterocycles. The molecule has 4 nitrogen and oxygen atoms in total. The normalized spacial score (nSPS) is 9.27. The second-order valence-corrected chi connectivity index (χ2v) is 9.30. The van der Waals surface area contributed by atoms with Crippen LogP contribution < -0.4 is 0 Å². The van der Waals surface area contributed by atoms with Gasteiger partial charge in [-0.15, -0.1) is 36.0 Å². The Morgan fingerprint density at radius 2 is 1.02 bits per heavy atom. The number of thioether (sulfide) groups is 1. The fraction of sp³-hybridized carbons (Fsp3) is 0.0303. The first-order valence-electron chi connectivity index (χ1n) is 12.5. The zero-order chi connectivity index (χ0) is 30.9. The number of rotatable bonds is 3. The van der Waals surface area contributed by atoms with Crippen LogP contribution in [0.25, 0.3) is 22.5 Å². The van der Waals surface area contributed by atoms with Crippen molar-refractivity contribution >= 4 is 24.4 Å². The standard InChI is InChI=1S/2C11H6F2N.C6H7NS.C5H5NS.2Pt/c2*12-8-4-5-9(10(13)7-8)11-3-1-2-6-14-11;1-8-6-4-2-3-5-7-6;7-5-3-1-2-4-6-5;;/h2*1-4,6-7H;2-5H,1H3;1-4H,(H,6,7);;/q2*-1;;;;+2/p-1. The van der Waals surface area contributed by atoms with Crippen LogP contribution in [0.3, 0.4) is 0 Å². The summed E-state index contributed by atoms with van der Waals surface area (Å²) >= 11 is 6.36. The van der Waals surface area contributed by atoms with Gasteiger partial charge < -0.3 is 22.6 Å². The molecule has 12 heteroatoms. The van der Waals surface area contributed by atoms with Gasteiger partial charge in [0, 0.05) is 69.1 Å². The fourth-order valence-corrected chi connectivity index (χ4v) is 3.64. The molecular weight excluding hydrogens is 983 g/mol. The van der Waals surface area contributed by atoms with Gasteiger partial charge in [0.15, 0.2) is 0 Å². The third kappa shape index (κ3) is 14.6. The molecule has 0 fully saturated rings. The Morgan fingerprint density at radius 3 is 1.29 bits per heavy atom. The summed E-state index contributed by atoms with van der Waals surface area (Å²) in [7, 11) is 0. The van der Waals surface area contributed by atoms with Crippen molar-refractivity contribution in [3.8, 4) is 22.5 Å². The van der Waals surface area contributed by atoms with E-state index in [1.165, 1.54) is 0 Å². The van der Waals surface area contributed by atoms with Crippen LogP contribution in [-0.2, 0) is 54.8 Å². The molecule has 0 aliphatic rings. The summed E-state index contributed by atoms with van der Waals surface area (Å²) in [5.41, 5.74) is 1.27. The molecule has 0 unspecified atom stereocenters. The molecule has 0 amide bonds. The smallest absolute Gasteiger partial charge is 0.760 e. The molecule has 45 heavy (non-hydrogen) atoms. The molecule has 0 spiro atoms. The van der Waals surface area contributed by atoms with E-state index in [2.05, 4.69) is 32.1 Å². The summed E-state index contributed by atoms with van der Waals surface area (Å²) in [6.07, 6.45) is 8.59. The van der Waals surface area contributed by atoms with Gasteiger partial charge in [-0.2, -0.15) is 0 Å². The molecule has 0 atom stereocenters. The molecule has 0 aliphatic heterocycles. The largest absolute Gasteiger partial charge is 2.00 e. The van der Waals surface area contributed by atoms with Gasteiger partial charge in [0.05, 0.1) is 5.03 Å². The van der Waals surface area contributed by atoms with E-state index >= 15 is 0 Å². The third-order valence-corrected chi connectivity index (χ3v) is 5.94. The molecule has 0 saturated carbocycles. The van der Waals surface area contributed by atoms with Crippen LogP contribution in [0.4, 0.5) is 17.6 Å². The Bertz CT molecular complexity index is 1570. The average Bonchev–Trinajstić information content (AvgIpc) is 3.04. The first kappa shape index (κ1) is 39.7. The molecule has 6 rings (SSSR count). The van der Waals surface area contributed by atoms with Gasteiger partial charge in [-0.1, -0.05) is 70.8 Å². The van der Waals surface area contributed by atoms with E-state index in [9.17, 15) is 17.6 Å². The van der Waals surface area contributed by atoms with Gasteiger partial charge in [-0.05, 0) is 48.0 Å². The summed E-state index contributed by atoms with van der Waals surface area (Å²) < 4.78 is 51.6. The minimum absolute atomic E-state index is 0. The van der Waals surface area contributed by atoms with E-state index in [0.717, 1.165) is 29.3 Å². The van der Waals surface area contributed by atoms with Crippen LogP contribution >= 0.6 is 11.8 Å². The minimum atomic E-state index is -0.649. The van der Waals surface area contributed by atoms with E-state index in [0.29, 0.717) is 16.4 Å². The first-order valence-corrected chi connectivity index (χ1v) is 14.1. The maximum absolute atomic E-state index is 13.2. The molecular formula is C33H23F4N4Pt2S2-. The summed E-state index contributed by atoms with van der Waals surface area (Å²) in [5.74, 6) is -2.57. The Hall–Kier alpha value is -3.29. The van der Waals surface area contributed by atoms with Crippen LogP contribution in [0.2, 0.25) is 0 Å². The number of halogens is 4. The number of hydrogen-bond donors (Lipinski definition) is 0. The second kappa shape index (κ2) is 22.3. The van der Waals surface area contributed by atoms with Gasteiger partial charge in [0.1, 0.15) is 0 Å². The molecule has 6 aromatic rings. The van der Waals surface area contributed by atoms with Crippen molar-refractivity contribution in [2.45, 2.75) is 10.1 Å². The zero-order valence-corrected chi connectivity index (χ0v) is 29.5. The number of aromatic nitrogens is 4. The van der Waals surface area contributed by atoms with Crippen LogP contribution in [0.5, 0.6) is 0 Å². The molecule has 236 valence electrons. The van der Waals surface area contributed by atoms with E-state index in [-0.39, 0.29) is 53.3 Å². The number of hydrogen-bond acceptors (Lipinski definition) is 6. The molecule has 0 aliphatic carbocycles. The van der Waals surface area contributed by atoms with E-state index < -0.39 is 23.3 Å². The van der Waals surface area contributed by atoms with Crippen molar-refractivity contribution in [2.75, 3.05) is 6.26 Å². The van der Waals surface area contributed by atoms with E-state index in [1.54, 1.807) is 79.0 Å². The summed E-state index contributed by atoms with van der Waals surface area (Å²) in [5, 5.41) is 1.73. The van der Waals surface area contributed by atoms with Crippen LogP contribution in [-0.4, -0.2) is 26.2 Å². The fourth-order valence-electron chi connectivity index (χ4n) is 3.12. The molecule has 0 saturated heterocycles. The van der Waals surface area contributed by atoms with E-state index in [1.807, 2.05) is 36.6 Å². The van der Waals surface area contributed by atoms with Gasteiger partial charge in [-0.3, -0.25) is 22.5 Å². The molecule has 2 aromatic carbocycles. The van der Waals surface area contributed by atoms with Crippen LogP contribution in [0.1, 0.15) is 0 Å². The van der Waals surface area contributed by atoms with Gasteiger partial charge in [0.2, 0.25) is 0 Å². The monoisotopic (exact) mass is 1010 g/mol. The third-order valence-electron chi connectivity index (χ3n) is 5.04. The Kier molecular flexibility index (Phi) is 19.6. The second-order valence-electron chi connectivity index (χ2n) is 8.05. The maximum Gasteiger partial charge on any atom is 2.00 e. The number of benzene rings is 2. The van der Waals surface area contributed by atoms with Gasteiger partial charge in [0.25, 0.3) is 0 Å². The summed E-state index contributed by atoms with van der Waals surface area (Å²) in [4.78, 5) is 15.7. The molecule has 0 N–H and O–H groups in total.